The van der Waals surface area contributed by atoms with E-state index in [9.17, 15) is 4.79 Å². The van der Waals surface area contributed by atoms with Crippen molar-refractivity contribution in [3.8, 4) is 0 Å². The van der Waals surface area contributed by atoms with E-state index in [4.69, 9.17) is 16.3 Å². The zero-order valence-electron chi connectivity index (χ0n) is 11.8. The molecule has 106 valence electrons. The number of methoxy groups -OCH3 is 1. The summed E-state index contributed by atoms with van der Waals surface area (Å²) in [6, 6.07) is 0. The minimum atomic E-state index is -0.0598. The highest BCUT2D eigenvalue weighted by Gasteiger charge is 2.09. The van der Waals surface area contributed by atoms with E-state index in [-0.39, 0.29) is 5.91 Å². The standard InChI is InChI=1S/C13H20ClN3O2/c1-10-11(13(14)17(3)15-10)6-7-12(18)16(2)8-5-9-19-4/h6-7H,5,8-9H2,1-4H3/b7-6+. The molecule has 1 aromatic rings. The third-order valence-electron chi connectivity index (χ3n) is 2.81. The molecule has 19 heavy (non-hydrogen) atoms. The quantitative estimate of drug-likeness (QED) is 0.592. The van der Waals surface area contributed by atoms with Crippen LogP contribution in [0.25, 0.3) is 6.08 Å². The predicted octanol–water partition coefficient (Wildman–Crippen LogP) is 1.89. The molecule has 0 N–H and O–H groups in total. The van der Waals surface area contributed by atoms with Gasteiger partial charge in [-0.3, -0.25) is 9.48 Å². The van der Waals surface area contributed by atoms with Crippen LogP contribution in [0.4, 0.5) is 0 Å². The van der Waals surface area contributed by atoms with Crippen LogP contribution in [0.2, 0.25) is 5.15 Å². The van der Waals surface area contributed by atoms with Gasteiger partial charge < -0.3 is 9.64 Å². The second kappa shape index (κ2) is 7.31. The Morgan fingerprint density at radius 3 is 2.79 bits per heavy atom. The third-order valence-corrected chi connectivity index (χ3v) is 3.26. The Bertz CT molecular complexity index is 469. The van der Waals surface area contributed by atoms with Crippen molar-refractivity contribution in [2.45, 2.75) is 13.3 Å². The van der Waals surface area contributed by atoms with Gasteiger partial charge in [0.1, 0.15) is 5.15 Å². The van der Waals surface area contributed by atoms with E-state index < -0.39 is 0 Å². The zero-order valence-corrected chi connectivity index (χ0v) is 12.6. The van der Waals surface area contributed by atoms with Crippen LogP contribution in [0.1, 0.15) is 17.7 Å². The zero-order chi connectivity index (χ0) is 14.4. The van der Waals surface area contributed by atoms with Gasteiger partial charge in [-0.1, -0.05) is 11.6 Å². The highest BCUT2D eigenvalue weighted by molar-refractivity contribution is 6.31. The highest BCUT2D eigenvalue weighted by atomic mass is 35.5. The summed E-state index contributed by atoms with van der Waals surface area (Å²) in [5.74, 6) is -0.0598. The molecule has 1 amide bonds. The smallest absolute Gasteiger partial charge is 0.246 e. The van der Waals surface area contributed by atoms with Crippen molar-refractivity contribution >= 4 is 23.6 Å². The number of halogens is 1. The first-order chi connectivity index (χ1) is 8.97. The molecule has 1 rings (SSSR count). The van der Waals surface area contributed by atoms with E-state index in [0.717, 1.165) is 17.7 Å². The van der Waals surface area contributed by atoms with E-state index in [2.05, 4.69) is 5.10 Å². The Morgan fingerprint density at radius 1 is 1.58 bits per heavy atom. The van der Waals surface area contributed by atoms with Gasteiger partial charge in [-0.05, 0) is 19.4 Å². The summed E-state index contributed by atoms with van der Waals surface area (Å²) in [5, 5.41) is 4.72. The Hall–Kier alpha value is -1.33. The maximum Gasteiger partial charge on any atom is 0.246 e. The van der Waals surface area contributed by atoms with Gasteiger partial charge in [-0.2, -0.15) is 5.10 Å². The summed E-state index contributed by atoms with van der Waals surface area (Å²) in [5.41, 5.74) is 1.58. The molecule has 6 heteroatoms. The summed E-state index contributed by atoms with van der Waals surface area (Å²) in [6.07, 6.45) is 4.04. The normalized spacial score (nSPS) is 11.2. The van der Waals surface area contributed by atoms with Crippen LogP contribution in [-0.4, -0.2) is 47.9 Å². The molecule has 0 aliphatic heterocycles. The van der Waals surface area contributed by atoms with Crippen LogP contribution in [0.5, 0.6) is 0 Å². The van der Waals surface area contributed by atoms with Gasteiger partial charge in [0.25, 0.3) is 0 Å². The second-order valence-corrected chi connectivity index (χ2v) is 4.71. The number of aryl methyl sites for hydroxylation is 2. The first kappa shape index (κ1) is 15.7. The molecule has 1 heterocycles. The molecule has 0 aliphatic carbocycles. The van der Waals surface area contributed by atoms with Crippen LogP contribution >= 0.6 is 11.6 Å². The van der Waals surface area contributed by atoms with Crippen molar-refractivity contribution < 1.29 is 9.53 Å². The lowest BCUT2D eigenvalue weighted by Gasteiger charge is -2.14. The SMILES string of the molecule is COCCCN(C)C(=O)/C=C/c1c(C)nn(C)c1Cl. The van der Waals surface area contributed by atoms with Crippen LogP contribution in [0.3, 0.4) is 0 Å². The molecule has 0 bridgehead atoms. The summed E-state index contributed by atoms with van der Waals surface area (Å²) in [4.78, 5) is 13.5. The number of aromatic nitrogens is 2. The largest absolute Gasteiger partial charge is 0.385 e. The molecule has 0 spiro atoms. The number of carbonyl (C=O) groups is 1. The van der Waals surface area contributed by atoms with Crippen molar-refractivity contribution in [3.63, 3.8) is 0 Å². The number of likely N-dealkylation sites (N-methyl/N-ethyl adjacent to an activating group) is 1. The van der Waals surface area contributed by atoms with Crippen molar-refractivity contribution in [1.29, 1.82) is 0 Å². The average molecular weight is 286 g/mol. The number of hydrogen-bond donors (Lipinski definition) is 0. The molecule has 0 aliphatic rings. The van der Waals surface area contributed by atoms with Crippen LogP contribution in [-0.2, 0) is 16.6 Å². The molecule has 0 saturated heterocycles. The van der Waals surface area contributed by atoms with Gasteiger partial charge >= 0.3 is 0 Å². The van der Waals surface area contributed by atoms with E-state index in [1.807, 2.05) is 6.92 Å². The molecular weight excluding hydrogens is 266 g/mol. The Morgan fingerprint density at radius 2 is 2.26 bits per heavy atom. The number of carbonyl (C=O) groups excluding carboxylic acids is 1. The summed E-state index contributed by atoms with van der Waals surface area (Å²) < 4.78 is 6.54. The Balaban J connectivity index is 2.63. The fraction of sp³-hybridized carbons (Fsp3) is 0.538. The first-order valence-corrected chi connectivity index (χ1v) is 6.46. The molecule has 0 fully saturated rings. The van der Waals surface area contributed by atoms with Crippen LogP contribution in [0, 0.1) is 6.92 Å². The maximum atomic E-state index is 11.9. The number of hydrogen-bond acceptors (Lipinski definition) is 3. The summed E-state index contributed by atoms with van der Waals surface area (Å²) >= 11 is 6.09. The lowest BCUT2D eigenvalue weighted by Crippen LogP contribution is -2.26. The topological polar surface area (TPSA) is 47.4 Å². The predicted molar refractivity (Wildman–Crippen MR) is 76.1 cm³/mol. The van der Waals surface area contributed by atoms with E-state index in [1.54, 1.807) is 36.9 Å². The highest BCUT2D eigenvalue weighted by Crippen LogP contribution is 2.19. The fourth-order valence-electron chi connectivity index (χ4n) is 1.67. The van der Waals surface area contributed by atoms with Gasteiger partial charge in [-0.15, -0.1) is 0 Å². The average Bonchev–Trinajstić information content (AvgIpc) is 2.61. The van der Waals surface area contributed by atoms with Crippen LogP contribution in [0.15, 0.2) is 6.08 Å². The number of amides is 1. The molecule has 5 nitrogen and oxygen atoms in total. The van der Waals surface area contributed by atoms with Gasteiger partial charge in [-0.25, -0.2) is 0 Å². The fourth-order valence-corrected chi connectivity index (χ4v) is 1.91. The monoisotopic (exact) mass is 285 g/mol. The van der Waals surface area contributed by atoms with Crippen molar-refractivity contribution in [1.82, 2.24) is 14.7 Å². The lowest BCUT2D eigenvalue weighted by atomic mass is 10.2. The Kier molecular flexibility index (Phi) is 6.05. The Labute approximate surface area is 118 Å². The molecule has 0 saturated carbocycles. The van der Waals surface area contributed by atoms with Crippen molar-refractivity contribution in [2.75, 3.05) is 27.3 Å². The van der Waals surface area contributed by atoms with Gasteiger partial charge in [0.15, 0.2) is 0 Å². The van der Waals surface area contributed by atoms with E-state index in [0.29, 0.717) is 18.3 Å². The molecule has 0 radical (unpaired) electrons. The van der Waals surface area contributed by atoms with E-state index >= 15 is 0 Å². The number of nitrogens with zero attached hydrogens (tertiary/aromatic N) is 3. The van der Waals surface area contributed by atoms with Crippen molar-refractivity contribution in [3.05, 3.63) is 22.5 Å². The molecule has 1 aromatic heterocycles. The lowest BCUT2D eigenvalue weighted by molar-refractivity contribution is -0.124. The van der Waals surface area contributed by atoms with Gasteiger partial charge in [0.2, 0.25) is 5.91 Å². The summed E-state index contributed by atoms with van der Waals surface area (Å²) in [7, 11) is 5.18. The molecule has 0 unspecified atom stereocenters. The van der Waals surface area contributed by atoms with E-state index in [1.165, 1.54) is 6.08 Å². The summed E-state index contributed by atoms with van der Waals surface area (Å²) in [6.45, 7) is 3.17. The second-order valence-electron chi connectivity index (χ2n) is 4.35. The minimum absolute atomic E-state index is 0.0598. The first-order valence-electron chi connectivity index (χ1n) is 6.08. The number of rotatable bonds is 6. The maximum absolute atomic E-state index is 11.9. The number of ether oxygens (including phenoxy) is 1. The third kappa shape index (κ3) is 4.36. The molecular formula is C13H20ClN3O2. The molecule has 0 aromatic carbocycles. The van der Waals surface area contributed by atoms with Crippen LogP contribution < -0.4 is 0 Å². The van der Waals surface area contributed by atoms with Crippen molar-refractivity contribution in [2.24, 2.45) is 7.05 Å². The van der Waals surface area contributed by atoms with Gasteiger partial charge in [0, 0.05) is 46.0 Å². The minimum Gasteiger partial charge on any atom is -0.385 e. The molecule has 0 atom stereocenters. The van der Waals surface area contributed by atoms with Gasteiger partial charge in [0.05, 0.1) is 5.69 Å².